The molecule has 1 heterocycles. The van der Waals surface area contributed by atoms with E-state index in [1.54, 1.807) is 6.92 Å². The summed E-state index contributed by atoms with van der Waals surface area (Å²) in [4.78, 5) is 15.8. The van der Waals surface area contributed by atoms with Crippen molar-refractivity contribution in [1.82, 2.24) is 15.0 Å². The van der Waals surface area contributed by atoms with Crippen LogP contribution >= 0.6 is 0 Å². The molecule has 1 rings (SSSR count). The highest BCUT2D eigenvalue weighted by molar-refractivity contribution is 7.89. The number of nitrogens with zero attached hydrogens (tertiary/aromatic N) is 1. The average molecular weight is 311 g/mol. The number of sulfonamides is 1. The van der Waals surface area contributed by atoms with Crippen LogP contribution in [0.15, 0.2) is 18.5 Å². The molecule has 8 heteroatoms. The van der Waals surface area contributed by atoms with Crippen LogP contribution in [0.5, 0.6) is 0 Å². The van der Waals surface area contributed by atoms with Crippen LogP contribution in [0.4, 0.5) is 0 Å². The highest BCUT2D eigenvalue weighted by Crippen LogP contribution is 2.05. The summed E-state index contributed by atoms with van der Waals surface area (Å²) in [5, 5.41) is 11.2. The Labute approximate surface area is 123 Å². The fraction of sp³-hybridized carbons (Fsp3) is 0.385. The minimum atomic E-state index is -3.37. The van der Waals surface area contributed by atoms with Crippen LogP contribution in [0.2, 0.25) is 0 Å². The standard InChI is InChI=1S/C13H17N3O4S/c1-2-16-21(19,20)9-7-15-13(18)12-5-6-14-10-11(12)4-3-8-17/h5-6,10,16-17H,2,7-9H2,1H3,(H,15,18). The van der Waals surface area contributed by atoms with E-state index in [9.17, 15) is 13.2 Å². The highest BCUT2D eigenvalue weighted by Gasteiger charge is 2.12. The van der Waals surface area contributed by atoms with Crippen LogP contribution in [0.25, 0.3) is 0 Å². The quantitative estimate of drug-likeness (QED) is 0.590. The van der Waals surface area contributed by atoms with E-state index in [0.717, 1.165) is 0 Å². The van der Waals surface area contributed by atoms with Crippen molar-refractivity contribution in [2.24, 2.45) is 0 Å². The van der Waals surface area contributed by atoms with Crippen molar-refractivity contribution in [3.8, 4) is 11.8 Å². The summed E-state index contributed by atoms with van der Waals surface area (Å²) in [6.45, 7) is 1.65. The average Bonchev–Trinajstić information content (AvgIpc) is 2.45. The summed E-state index contributed by atoms with van der Waals surface area (Å²) in [5.41, 5.74) is 0.658. The van der Waals surface area contributed by atoms with Crippen LogP contribution in [0.1, 0.15) is 22.8 Å². The third-order valence-electron chi connectivity index (χ3n) is 2.39. The Bertz CT molecular complexity index is 647. The fourth-order valence-corrected chi connectivity index (χ4v) is 2.47. The topological polar surface area (TPSA) is 108 Å². The van der Waals surface area contributed by atoms with E-state index in [2.05, 4.69) is 26.9 Å². The van der Waals surface area contributed by atoms with Gasteiger partial charge in [-0.2, -0.15) is 0 Å². The molecule has 0 bridgehead atoms. The molecule has 1 aromatic heterocycles. The van der Waals surface area contributed by atoms with Crippen molar-refractivity contribution < 1.29 is 18.3 Å². The van der Waals surface area contributed by atoms with E-state index in [4.69, 9.17) is 5.11 Å². The monoisotopic (exact) mass is 311 g/mol. The summed E-state index contributed by atoms with van der Waals surface area (Å²) in [5.74, 6) is 4.42. The van der Waals surface area contributed by atoms with Crippen LogP contribution in [-0.2, 0) is 10.0 Å². The Morgan fingerprint density at radius 3 is 2.90 bits per heavy atom. The molecular formula is C13H17N3O4S. The fourth-order valence-electron chi connectivity index (χ4n) is 1.51. The minimum Gasteiger partial charge on any atom is -0.384 e. The number of hydrogen-bond donors (Lipinski definition) is 3. The number of carbonyl (C=O) groups excluding carboxylic acids is 1. The maximum atomic E-state index is 12.0. The summed E-state index contributed by atoms with van der Waals surface area (Å²) < 4.78 is 25.2. The van der Waals surface area contributed by atoms with Gasteiger partial charge in [0.15, 0.2) is 0 Å². The molecule has 21 heavy (non-hydrogen) atoms. The number of carbonyl (C=O) groups is 1. The largest absolute Gasteiger partial charge is 0.384 e. The molecule has 1 amide bonds. The molecule has 0 aromatic carbocycles. The number of rotatable bonds is 6. The lowest BCUT2D eigenvalue weighted by molar-refractivity contribution is 0.0956. The number of aromatic nitrogens is 1. The van der Waals surface area contributed by atoms with Gasteiger partial charge in [-0.3, -0.25) is 9.78 Å². The molecule has 0 atom stereocenters. The summed E-state index contributed by atoms with van der Waals surface area (Å²) in [7, 11) is -3.37. The van der Waals surface area contributed by atoms with Gasteiger partial charge in [0, 0.05) is 25.5 Å². The maximum Gasteiger partial charge on any atom is 0.252 e. The van der Waals surface area contributed by atoms with Crippen molar-refractivity contribution in [3.63, 3.8) is 0 Å². The van der Waals surface area contributed by atoms with E-state index in [1.807, 2.05) is 0 Å². The van der Waals surface area contributed by atoms with Gasteiger partial charge in [0.25, 0.3) is 5.91 Å². The first-order chi connectivity index (χ1) is 10.00. The lowest BCUT2D eigenvalue weighted by atomic mass is 10.1. The SMILES string of the molecule is CCNS(=O)(=O)CCNC(=O)c1ccncc1C#CCO. The lowest BCUT2D eigenvalue weighted by Crippen LogP contribution is -2.34. The molecule has 0 saturated carbocycles. The zero-order chi connectivity index (χ0) is 15.7. The second kappa shape index (κ2) is 8.36. The molecule has 0 aliphatic carbocycles. The molecular weight excluding hydrogens is 294 g/mol. The van der Waals surface area contributed by atoms with Gasteiger partial charge in [-0.25, -0.2) is 13.1 Å². The zero-order valence-electron chi connectivity index (χ0n) is 11.6. The third-order valence-corrected chi connectivity index (χ3v) is 3.86. The first kappa shape index (κ1) is 17.1. The molecule has 7 nitrogen and oxygen atoms in total. The van der Waals surface area contributed by atoms with Crippen LogP contribution in [-0.4, -0.2) is 49.9 Å². The summed E-state index contributed by atoms with van der Waals surface area (Å²) in [6, 6.07) is 1.48. The Morgan fingerprint density at radius 2 is 2.24 bits per heavy atom. The molecule has 114 valence electrons. The van der Waals surface area contributed by atoms with Gasteiger partial charge in [-0.05, 0) is 6.07 Å². The Kier molecular flexibility index (Phi) is 6.81. The predicted molar refractivity (Wildman–Crippen MR) is 78.0 cm³/mol. The first-order valence-electron chi connectivity index (χ1n) is 6.29. The number of aliphatic hydroxyl groups excluding tert-OH is 1. The van der Waals surface area contributed by atoms with E-state index in [0.29, 0.717) is 12.1 Å². The summed E-state index contributed by atoms with van der Waals surface area (Å²) in [6.07, 6.45) is 2.85. The van der Waals surface area contributed by atoms with E-state index in [1.165, 1.54) is 18.5 Å². The number of amides is 1. The second-order valence-electron chi connectivity index (χ2n) is 3.95. The van der Waals surface area contributed by atoms with Crippen LogP contribution in [0.3, 0.4) is 0 Å². The van der Waals surface area contributed by atoms with Crippen molar-refractivity contribution in [3.05, 3.63) is 29.6 Å². The molecule has 0 unspecified atom stereocenters. The van der Waals surface area contributed by atoms with Gasteiger partial charge < -0.3 is 10.4 Å². The van der Waals surface area contributed by atoms with Gasteiger partial charge in [-0.15, -0.1) is 0 Å². The number of pyridine rings is 1. The first-order valence-corrected chi connectivity index (χ1v) is 7.94. The van der Waals surface area contributed by atoms with Gasteiger partial charge in [0.1, 0.15) is 6.61 Å². The van der Waals surface area contributed by atoms with E-state index < -0.39 is 15.9 Å². The zero-order valence-corrected chi connectivity index (χ0v) is 12.4. The van der Waals surface area contributed by atoms with Gasteiger partial charge in [0.05, 0.1) is 16.9 Å². The van der Waals surface area contributed by atoms with E-state index in [-0.39, 0.29) is 24.5 Å². The smallest absolute Gasteiger partial charge is 0.252 e. The van der Waals surface area contributed by atoms with Gasteiger partial charge >= 0.3 is 0 Å². The number of aliphatic hydroxyl groups is 1. The van der Waals surface area contributed by atoms with Crippen LogP contribution < -0.4 is 10.0 Å². The Balaban J connectivity index is 2.69. The van der Waals surface area contributed by atoms with Crippen molar-refractivity contribution >= 4 is 15.9 Å². The summed E-state index contributed by atoms with van der Waals surface area (Å²) >= 11 is 0. The van der Waals surface area contributed by atoms with Crippen LogP contribution in [0, 0.1) is 11.8 Å². The van der Waals surface area contributed by atoms with Gasteiger partial charge in [-0.1, -0.05) is 18.8 Å². The minimum absolute atomic E-state index is 0.0106. The Morgan fingerprint density at radius 1 is 1.48 bits per heavy atom. The maximum absolute atomic E-state index is 12.0. The molecule has 0 saturated heterocycles. The highest BCUT2D eigenvalue weighted by atomic mass is 32.2. The molecule has 0 fully saturated rings. The van der Waals surface area contributed by atoms with Gasteiger partial charge in [0.2, 0.25) is 10.0 Å². The molecule has 3 N–H and O–H groups in total. The lowest BCUT2D eigenvalue weighted by Gasteiger charge is -2.07. The van der Waals surface area contributed by atoms with Crippen molar-refractivity contribution in [2.75, 3.05) is 25.4 Å². The number of nitrogens with one attached hydrogen (secondary N) is 2. The predicted octanol–water partition coefficient (Wildman–Crippen LogP) is -0.905. The Hall–Kier alpha value is -1.95. The molecule has 0 aliphatic rings. The molecule has 0 spiro atoms. The molecule has 0 aliphatic heterocycles. The normalized spacial score (nSPS) is 10.6. The third kappa shape index (κ3) is 5.91. The second-order valence-corrected chi connectivity index (χ2v) is 5.88. The number of hydrogen-bond acceptors (Lipinski definition) is 5. The van der Waals surface area contributed by atoms with E-state index >= 15 is 0 Å². The molecule has 0 radical (unpaired) electrons. The van der Waals surface area contributed by atoms with Crippen molar-refractivity contribution in [2.45, 2.75) is 6.92 Å². The van der Waals surface area contributed by atoms with Crippen molar-refractivity contribution in [1.29, 1.82) is 0 Å². The molecule has 1 aromatic rings.